The number of hydrogen-bond acceptors (Lipinski definition) is 5. The van der Waals surface area contributed by atoms with Crippen LogP contribution in [0.5, 0.6) is 5.75 Å². The Morgan fingerprint density at radius 2 is 2.04 bits per heavy atom. The summed E-state index contributed by atoms with van der Waals surface area (Å²) >= 11 is 3.47. The van der Waals surface area contributed by atoms with Crippen LogP contribution in [-0.2, 0) is 17.9 Å². The van der Waals surface area contributed by atoms with E-state index in [1.165, 1.54) is 0 Å². The number of fused-ring (bicyclic) bond motifs is 1. The topological polar surface area (TPSA) is 62.1 Å². The van der Waals surface area contributed by atoms with Crippen molar-refractivity contribution in [3.05, 3.63) is 34.8 Å². The van der Waals surface area contributed by atoms with Gasteiger partial charge in [0.15, 0.2) is 11.4 Å². The van der Waals surface area contributed by atoms with Crippen LogP contribution in [0, 0.1) is 0 Å². The van der Waals surface area contributed by atoms with E-state index in [9.17, 15) is 0 Å². The second-order valence-corrected chi connectivity index (χ2v) is 5.90. The minimum Gasteiger partial charge on any atom is -0.494 e. The fraction of sp³-hybridized carbons (Fsp3) is 0.312. The van der Waals surface area contributed by atoms with Crippen molar-refractivity contribution in [1.29, 1.82) is 0 Å². The summed E-state index contributed by atoms with van der Waals surface area (Å²) in [4.78, 5) is 8.96. The fourth-order valence-electron chi connectivity index (χ4n) is 2.64. The van der Waals surface area contributed by atoms with Crippen LogP contribution in [0.1, 0.15) is 12.6 Å². The van der Waals surface area contributed by atoms with Crippen molar-refractivity contribution in [2.24, 2.45) is 0 Å². The summed E-state index contributed by atoms with van der Waals surface area (Å²) in [6, 6.07) is 2.00. The highest BCUT2D eigenvalue weighted by atomic mass is 79.9. The number of nitrogens with zero attached hydrogens (tertiary/aromatic N) is 4. The van der Waals surface area contributed by atoms with E-state index in [4.69, 9.17) is 14.5 Å². The third-order valence-electron chi connectivity index (χ3n) is 3.59. The van der Waals surface area contributed by atoms with Crippen LogP contribution in [0.3, 0.4) is 0 Å². The number of aryl methyl sites for hydroxylation is 1. The molecule has 7 heteroatoms. The van der Waals surface area contributed by atoms with E-state index < -0.39 is 0 Å². The third kappa shape index (κ3) is 2.82. The van der Waals surface area contributed by atoms with Gasteiger partial charge in [-0.1, -0.05) is 0 Å². The molecule has 0 aliphatic rings. The number of methoxy groups -OCH3 is 2. The van der Waals surface area contributed by atoms with Crippen molar-refractivity contribution in [1.82, 2.24) is 19.7 Å². The van der Waals surface area contributed by atoms with Gasteiger partial charge in [0.2, 0.25) is 0 Å². The summed E-state index contributed by atoms with van der Waals surface area (Å²) in [5.74, 6) is 0.690. The number of pyridine rings is 2. The van der Waals surface area contributed by atoms with Gasteiger partial charge in [-0.25, -0.2) is 9.67 Å². The van der Waals surface area contributed by atoms with Gasteiger partial charge in [0.05, 0.1) is 25.3 Å². The quantitative estimate of drug-likeness (QED) is 0.682. The van der Waals surface area contributed by atoms with E-state index in [2.05, 4.69) is 26.0 Å². The number of aromatic nitrogens is 4. The maximum atomic E-state index is 5.65. The minimum atomic E-state index is 0.364. The highest BCUT2D eigenvalue weighted by Crippen LogP contribution is 2.39. The first-order chi connectivity index (χ1) is 11.2. The van der Waals surface area contributed by atoms with E-state index in [1.807, 2.05) is 30.1 Å². The molecule has 0 aliphatic heterocycles. The summed E-state index contributed by atoms with van der Waals surface area (Å²) in [7, 11) is 3.28. The second-order valence-electron chi connectivity index (χ2n) is 4.99. The van der Waals surface area contributed by atoms with Gasteiger partial charge in [-0.15, -0.1) is 0 Å². The van der Waals surface area contributed by atoms with Crippen LogP contribution >= 0.6 is 15.9 Å². The van der Waals surface area contributed by atoms with Crippen LogP contribution in [0.25, 0.3) is 22.2 Å². The lowest BCUT2D eigenvalue weighted by Gasteiger charge is -2.14. The molecule has 0 fully saturated rings. The zero-order chi connectivity index (χ0) is 16.4. The Kier molecular flexibility index (Phi) is 4.58. The first-order valence-corrected chi connectivity index (χ1v) is 8.01. The summed E-state index contributed by atoms with van der Waals surface area (Å²) in [5.41, 5.74) is 3.43. The smallest absolute Gasteiger partial charge is 0.159 e. The molecule has 0 amide bonds. The van der Waals surface area contributed by atoms with Gasteiger partial charge in [0.25, 0.3) is 0 Å². The highest BCUT2D eigenvalue weighted by Gasteiger charge is 2.20. The lowest BCUT2D eigenvalue weighted by molar-refractivity contribution is 0.178. The lowest BCUT2D eigenvalue weighted by atomic mass is 10.0. The number of rotatable bonds is 5. The van der Waals surface area contributed by atoms with Gasteiger partial charge < -0.3 is 9.47 Å². The van der Waals surface area contributed by atoms with E-state index in [-0.39, 0.29) is 0 Å². The summed E-state index contributed by atoms with van der Waals surface area (Å²) in [6.45, 7) is 3.14. The molecule has 0 saturated heterocycles. The molecular formula is C16H17BrN4O2. The molecular weight excluding hydrogens is 360 g/mol. The van der Waals surface area contributed by atoms with Gasteiger partial charge >= 0.3 is 0 Å². The standard InChI is InChI=1S/C16H17BrN4O2/c1-4-21-16-12(8-19-21)14(10-5-11(17)7-18-6-10)15(23-3)13(20-16)9-22-2/h5-8H,4,9H2,1-3H3. The molecule has 3 rings (SSSR count). The maximum absolute atomic E-state index is 5.65. The zero-order valence-corrected chi connectivity index (χ0v) is 14.8. The Bertz CT molecular complexity index is 847. The molecule has 0 atom stereocenters. The van der Waals surface area contributed by atoms with Gasteiger partial charge in [-0.05, 0) is 28.9 Å². The van der Waals surface area contributed by atoms with E-state index in [0.29, 0.717) is 12.4 Å². The number of halogens is 1. The van der Waals surface area contributed by atoms with Crippen molar-refractivity contribution >= 4 is 27.0 Å². The molecule has 6 nitrogen and oxygen atoms in total. The molecule has 0 radical (unpaired) electrons. The first-order valence-electron chi connectivity index (χ1n) is 7.21. The zero-order valence-electron chi connectivity index (χ0n) is 13.2. The molecule has 23 heavy (non-hydrogen) atoms. The van der Waals surface area contributed by atoms with Crippen LogP contribution < -0.4 is 4.74 Å². The molecule has 0 unspecified atom stereocenters. The highest BCUT2D eigenvalue weighted by molar-refractivity contribution is 9.10. The molecule has 0 saturated carbocycles. The molecule has 0 spiro atoms. The molecule has 3 aromatic heterocycles. The van der Waals surface area contributed by atoms with Gasteiger partial charge in [-0.2, -0.15) is 5.10 Å². The minimum absolute atomic E-state index is 0.364. The van der Waals surface area contributed by atoms with E-state index in [1.54, 1.807) is 20.4 Å². The summed E-state index contributed by atoms with van der Waals surface area (Å²) in [6.07, 6.45) is 5.38. The molecule has 0 aliphatic carbocycles. The van der Waals surface area contributed by atoms with Crippen LogP contribution in [0.15, 0.2) is 29.1 Å². The van der Waals surface area contributed by atoms with E-state index >= 15 is 0 Å². The van der Waals surface area contributed by atoms with Crippen molar-refractivity contribution in [2.75, 3.05) is 14.2 Å². The Morgan fingerprint density at radius 1 is 1.22 bits per heavy atom. The molecule has 0 aromatic carbocycles. The fourth-order valence-corrected chi connectivity index (χ4v) is 3.00. The van der Waals surface area contributed by atoms with Crippen molar-refractivity contribution in [3.8, 4) is 16.9 Å². The Balaban J connectivity index is 2.38. The second kappa shape index (κ2) is 6.64. The molecule has 3 heterocycles. The monoisotopic (exact) mass is 376 g/mol. The summed E-state index contributed by atoms with van der Waals surface area (Å²) in [5, 5.41) is 5.36. The third-order valence-corrected chi connectivity index (χ3v) is 4.02. The van der Waals surface area contributed by atoms with E-state index in [0.717, 1.165) is 38.9 Å². The average molecular weight is 377 g/mol. The Labute approximate surface area is 142 Å². The molecule has 0 bridgehead atoms. The normalized spacial score (nSPS) is 11.1. The number of hydrogen-bond donors (Lipinski definition) is 0. The average Bonchev–Trinajstić information content (AvgIpc) is 2.96. The lowest BCUT2D eigenvalue weighted by Crippen LogP contribution is -2.04. The van der Waals surface area contributed by atoms with Gasteiger partial charge in [0.1, 0.15) is 5.69 Å². The molecule has 0 N–H and O–H groups in total. The molecule has 3 aromatic rings. The Hall–Kier alpha value is -1.99. The van der Waals surface area contributed by atoms with Crippen LogP contribution in [0.4, 0.5) is 0 Å². The van der Waals surface area contributed by atoms with Crippen LogP contribution in [0.2, 0.25) is 0 Å². The van der Waals surface area contributed by atoms with Gasteiger partial charge in [0, 0.05) is 41.6 Å². The first kappa shape index (κ1) is 15.9. The van der Waals surface area contributed by atoms with Crippen molar-refractivity contribution < 1.29 is 9.47 Å². The van der Waals surface area contributed by atoms with Gasteiger partial charge in [-0.3, -0.25) is 4.98 Å². The van der Waals surface area contributed by atoms with Crippen molar-refractivity contribution in [3.63, 3.8) is 0 Å². The maximum Gasteiger partial charge on any atom is 0.159 e. The van der Waals surface area contributed by atoms with Crippen molar-refractivity contribution in [2.45, 2.75) is 20.1 Å². The summed E-state index contributed by atoms with van der Waals surface area (Å²) < 4.78 is 13.7. The largest absolute Gasteiger partial charge is 0.494 e. The predicted octanol–water partition coefficient (Wildman–Crippen LogP) is 3.43. The predicted molar refractivity (Wildman–Crippen MR) is 91.4 cm³/mol. The molecule has 120 valence electrons. The number of ether oxygens (including phenoxy) is 2. The SMILES string of the molecule is CCn1ncc2c(-c3cncc(Br)c3)c(OC)c(COC)nc21. The Morgan fingerprint density at radius 3 is 2.70 bits per heavy atom. The van der Waals surface area contributed by atoms with Crippen LogP contribution in [-0.4, -0.2) is 34.0 Å².